The molecule has 0 saturated carbocycles. The van der Waals surface area contributed by atoms with Gasteiger partial charge in [0.2, 0.25) is 5.91 Å². The molecule has 0 heterocycles. The Morgan fingerprint density at radius 2 is 1.81 bits per heavy atom. The summed E-state index contributed by atoms with van der Waals surface area (Å²) in [5.74, 6) is -2.90. The van der Waals surface area contributed by atoms with Crippen molar-refractivity contribution >= 4 is 23.5 Å². The molecule has 1 rings (SSSR count). The average molecular weight is 294 g/mol. The van der Waals surface area contributed by atoms with Crippen LogP contribution in [0.25, 0.3) is 0 Å². The van der Waals surface area contributed by atoms with Crippen LogP contribution in [0.4, 0.5) is 5.69 Å². The number of anilines is 1. The highest BCUT2D eigenvalue weighted by atomic mass is 16.4. The standard InChI is InChI=1S/C14H18N2O5/c1-8-6-9(4-5-10(8)12(15)19)16(7-11(17)18)14(2,3)13(20)21/h4-6H,7H2,1-3H3,(H2,15,19)(H,17,18)(H,20,21). The van der Waals surface area contributed by atoms with E-state index in [2.05, 4.69) is 0 Å². The van der Waals surface area contributed by atoms with Gasteiger partial charge >= 0.3 is 11.9 Å². The Bertz CT molecular complexity index is 595. The number of aryl methyl sites for hydroxylation is 1. The smallest absolute Gasteiger partial charge is 0.328 e. The number of aliphatic carboxylic acids is 2. The van der Waals surface area contributed by atoms with Crippen molar-refractivity contribution in [3.63, 3.8) is 0 Å². The first-order chi connectivity index (χ1) is 9.57. The van der Waals surface area contributed by atoms with Gasteiger partial charge in [0.1, 0.15) is 12.1 Å². The van der Waals surface area contributed by atoms with Gasteiger partial charge in [-0.25, -0.2) is 4.79 Å². The van der Waals surface area contributed by atoms with Crippen LogP contribution >= 0.6 is 0 Å². The van der Waals surface area contributed by atoms with Gasteiger partial charge in [-0.1, -0.05) is 0 Å². The molecule has 0 aliphatic heterocycles. The van der Waals surface area contributed by atoms with Crippen molar-refractivity contribution in [2.75, 3.05) is 11.4 Å². The zero-order valence-electron chi connectivity index (χ0n) is 12.1. The number of primary amides is 1. The van der Waals surface area contributed by atoms with Gasteiger partial charge in [0, 0.05) is 11.3 Å². The molecule has 7 heteroatoms. The van der Waals surface area contributed by atoms with E-state index in [4.69, 9.17) is 10.8 Å². The van der Waals surface area contributed by atoms with Crippen LogP contribution in [0.2, 0.25) is 0 Å². The Kier molecular flexibility index (Phi) is 4.57. The van der Waals surface area contributed by atoms with E-state index in [0.717, 1.165) is 0 Å². The lowest BCUT2D eigenvalue weighted by molar-refractivity contribution is -0.142. The summed E-state index contributed by atoms with van der Waals surface area (Å²) in [6.07, 6.45) is 0. The van der Waals surface area contributed by atoms with Crippen LogP contribution in [0.1, 0.15) is 29.8 Å². The zero-order valence-corrected chi connectivity index (χ0v) is 12.1. The predicted octanol–water partition coefficient (Wildman–Crippen LogP) is 0.848. The Morgan fingerprint density at radius 1 is 1.24 bits per heavy atom. The van der Waals surface area contributed by atoms with Crippen molar-refractivity contribution < 1.29 is 24.6 Å². The molecular formula is C14H18N2O5. The number of carboxylic acid groups (broad SMARTS) is 2. The van der Waals surface area contributed by atoms with Gasteiger partial charge in [-0.2, -0.15) is 0 Å². The van der Waals surface area contributed by atoms with E-state index in [1.54, 1.807) is 13.0 Å². The number of nitrogens with zero attached hydrogens (tertiary/aromatic N) is 1. The Labute approximate surface area is 122 Å². The lowest BCUT2D eigenvalue weighted by Gasteiger charge is -2.36. The molecule has 0 unspecified atom stereocenters. The number of rotatable bonds is 6. The molecular weight excluding hydrogens is 276 g/mol. The Hall–Kier alpha value is -2.57. The van der Waals surface area contributed by atoms with E-state index in [0.29, 0.717) is 16.8 Å². The van der Waals surface area contributed by atoms with E-state index in [-0.39, 0.29) is 0 Å². The Morgan fingerprint density at radius 3 is 2.19 bits per heavy atom. The average Bonchev–Trinajstić information content (AvgIpc) is 2.34. The van der Waals surface area contributed by atoms with Gasteiger partial charge in [-0.05, 0) is 44.5 Å². The zero-order chi connectivity index (χ0) is 16.4. The molecule has 0 spiro atoms. The largest absolute Gasteiger partial charge is 0.480 e. The number of carboxylic acids is 2. The van der Waals surface area contributed by atoms with E-state index in [9.17, 15) is 19.5 Å². The van der Waals surface area contributed by atoms with Gasteiger partial charge in [0.05, 0.1) is 0 Å². The molecule has 0 aliphatic carbocycles. The minimum Gasteiger partial charge on any atom is -0.480 e. The van der Waals surface area contributed by atoms with Crippen molar-refractivity contribution in [3.8, 4) is 0 Å². The van der Waals surface area contributed by atoms with Crippen LogP contribution in [0, 0.1) is 6.92 Å². The van der Waals surface area contributed by atoms with Crippen LogP contribution in [-0.4, -0.2) is 40.1 Å². The van der Waals surface area contributed by atoms with Crippen molar-refractivity contribution in [2.24, 2.45) is 5.73 Å². The maximum Gasteiger partial charge on any atom is 0.328 e. The third kappa shape index (κ3) is 3.50. The summed E-state index contributed by atoms with van der Waals surface area (Å²) >= 11 is 0. The molecule has 21 heavy (non-hydrogen) atoms. The van der Waals surface area contributed by atoms with Gasteiger partial charge in [0.15, 0.2) is 0 Å². The number of nitrogens with two attached hydrogens (primary N) is 1. The van der Waals surface area contributed by atoms with Gasteiger partial charge in [-0.15, -0.1) is 0 Å². The molecule has 1 aromatic rings. The molecule has 1 amide bonds. The topological polar surface area (TPSA) is 121 Å². The summed E-state index contributed by atoms with van der Waals surface area (Å²) in [6, 6.07) is 4.49. The van der Waals surface area contributed by atoms with E-state index in [1.807, 2.05) is 0 Å². The number of benzene rings is 1. The van der Waals surface area contributed by atoms with Crippen molar-refractivity contribution in [1.82, 2.24) is 0 Å². The second-order valence-electron chi connectivity index (χ2n) is 5.21. The first-order valence-electron chi connectivity index (χ1n) is 6.20. The number of hydrogen-bond donors (Lipinski definition) is 3. The molecule has 0 radical (unpaired) electrons. The molecule has 0 bridgehead atoms. The summed E-state index contributed by atoms with van der Waals surface area (Å²) in [4.78, 5) is 34.8. The first-order valence-corrected chi connectivity index (χ1v) is 6.20. The second kappa shape index (κ2) is 5.82. The first kappa shape index (κ1) is 16.5. The molecule has 4 N–H and O–H groups in total. The summed E-state index contributed by atoms with van der Waals surface area (Å²) in [5, 5.41) is 18.3. The lowest BCUT2D eigenvalue weighted by Crippen LogP contribution is -2.52. The quantitative estimate of drug-likeness (QED) is 0.715. The highest BCUT2D eigenvalue weighted by molar-refractivity contribution is 5.95. The van der Waals surface area contributed by atoms with Crippen molar-refractivity contribution in [2.45, 2.75) is 26.3 Å². The summed E-state index contributed by atoms with van der Waals surface area (Å²) in [5.41, 5.74) is 5.05. The molecule has 0 saturated heterocycles. The van der Waals surface area contributed by atoms with Crippen LogP contribution in [-0.2, 0) is 9.59 Å². The summed E-state index contributed by atoms with van der Waals surface area (Å²) in [6.45, 7) is 4.00. The molecule has 0 fully saturated rings. The fraction of sp³-hybridized carbons (Fsp3) is 0.357. The highest BCUT2D eigenvalue weighted by Gasteiger charge is 2.36. The fourth-order valence-electron chi connectivity index (χ4n) is 1.95. The molecule has 0 aliphatic rings. The van der Waals surface area contributed by atoms with Crippen LogP contribution in [0.15, 0.2) is 18.2 Å². The molecule has 0 atom stereocenters. The SMILES string of the molecule is Cc1cc(N(CC(=O)O)C(C)(C)C(=O)O)ccc1C(N)=O. The highest BCUT2D eigenvalue weighted by Crippen LogP contribution is 2.26. The van der Waals surface area contributed by atoms with Crippen LogP contribution < -0.4 is 10.6 Å². The third-order valence-electron chi connectivity index (χ3n) is 3.28. The van der Waals surface area contributed by atoms with Crippen molar-refractivity contribution in [1.29, 1.82) is 0 Å². The summed E-state index contributed by atoms with van der Waals surface area (Å²) in [7, 11) is 0. The van der Waals surface area contributed by atoms with Crippen LogP contribution in [0.3, 0.4) is 0 Å². The monoisotopic (exact) mass is 294 g/mol. The number of carbonyl (C=O) groups is 3. The third-order valence-corrected chi connectivity index (χ3v) is 3.28. The van der Waals surface area contributed by atoms with E-state index < -0.39 is 29.9 Å². The normalized spacial score (nSPS) is 11.0. The van der Waals surface area contributed by atoms with E-state index >= 15 is 0 Å². The van der Waals surface area contributed by atoms with Crippen molar-refractivity contribution in [3.05, 3.63) is 29.3 Å². The minimum atomic E-state index is -1.42. The number of carbonyl (C=O) groups excluding carboxylic acids is 1. The predicted molar refractivity (Wildman–Crippen MR) is 76.4 cm³/mol. The minimum absolute atomic E-state index is 0.308. The fourth-order valence-corrected chi connectivity index (χ4v) is 1.95. The number of hydrogen-bond acceptors (Lipinski definition) is 4. The molecule has 114 valence electrons. The van der Waals surface area contributed by atoms with E-state index in [1.165, 1.54) is 30.9 Å². The van der Waals surface area contributed by atoms with Crippen LogP contribution in [0.5, 0.6) is 0 Å². The maximum absolute atomic E-state index is 11.4. The van der Waals surface area contributed by atoms with Gasteiger partial charge in [-0.3, -0.25) is 9.59 Å². The molecule has 7 nitrogen and oxygen atoms in total. The second-order valence-corrected chi connectivity index (χ2v) is 5.21. The molecule has 0 aromatic heterocycles. The number of amides is 1. The maximum atomic E-state index is 11.4. The summed E-state index contributed by atoms with van der Waals surface area (Å²) < 4.78 is 0. The van der Waals surface area contributed by atoms with Gasteiger partial charge < -0.3 is 20.8 Å². The Balaban J connectivity index is 3.34. The van der Waals surface area contributed by atoms with Gasteiger partial charge in [0.25, 0.3) is 0 Å². The lowest BCUT2D eigenvalue weighted by atomic mass is 10.00. The molecule has 1 aromatic carbocycles.